The van der Waals surface area contributed by atoms with Crippen LogP contribution in [0.25, 0.3) is 0 Å². The molecule has 1 unspecified atom stereocenters. The second-order valence-corrected chi connectivity index (χ2v) is 7.73. The van der Waals surface area contributed by atoms with Gasteiger partial charge < -0.3 is 11.1 Å². The SMILES string of the molecule is NC(=O)C(Cc1ccccc1)NC(=O)c1cc2c(s1)CCCCCC2. The number of primary amides is 1. The second kappa shape index (κ2) is 8.30. The molecule has 1 aliphatic rings. The zero-order valence-corrected chi connectivity index (χ0v) is 15.1. The minimum atomic E-state index is -0.695. The fourth-order valence-electron chi connectivity index (χ4n) is 3.26. The molecule has 0 spiro atoms. The Balaban J connectivity index is 1.71. The maximum Gasteiger partial charge on any atom is 0.262 e. The number of hydrogen-bond acceptors (Lipinski definition) is 3. The summed E-state index contributed by atoms with van der Waals surface area (Å²) < 4.78 is 0. The molecule has 1 atom stereocenters. The molecule has 4 nitrogen and oxygen atoms in total. The first-order chi connectivity index (χ1) is 12.1. The van der Waals surface area contributed by atoms with Crippen molar-refractivity contribution in [3.8, 4) is 0 Å². The molecule has 2 aromatic rings. The summed E-state index contributed by atoms with van der Waals surface area (Å²) in [5.41, 5.74) is 7.78. The van der Waals surface area contributed by atoms with Crippen LogP contribution in [0.15, 0.2) is 36.4 Å². The molecule has 3 rings (SSSR count). The third-order valence-corrected chi connectivity index (χ3v) is 5.89. The standard InChI is InChI=1S/C20H24N2O2S/c21-19(23)16(12-14-8-4-3-5-9-14)22-20(24)18-13-15-10-6-1-2-7-11-17(15)25-18/h3-5,8-9,13,16H,1-2,6-7,10-12H2,(H2,21,23)(H,22,24). The molecular formula is C20H24N2O2S. The van der Waals surface area contributed by atoms with Crippen molar-refractivity contribution in [3.05, 3.63) is 57.3 Å². The summed E-state index contributed by atoms with van der Waals surface area (Å²) >= 11 is 1.56. The number of hydrogen-bond donors (Lipinski definition) is 2. The monoisotopic (exact) mass is 356 g/mol. The molecule has 5 heteroatoms. The van der Waals surface area contributed by atoms with Crippen LogP contribution in [0.2, 0.25) is 0 Å². The van der Waals surface area contributed by atoms with Gasteiger partial charge in [0.15, 0.2) is 0 Å². The highest BCUT2D eigenvalue weighted by atomic mass is 32.1. The van der Waals surface area contributed by atoms with Crippen LogP contribution in [-0.4, -0.2) is 17.9 Å². The van der Waals surface area contributed by atoms with Gasteiger partial charge >= 0.3 is 0 Å². The summed E-state index contributed by atoms with van der Waals surface area (Å²) in [5.74, 6) is -0.705. The van der Waals surface area contributed by atoms with Crippen molar-refractivity contribution in [2.75, 3.05) is 0 Å². The van der Waals surface area contributed by atoms with Gasteiger partial charge in [0.25, 0.3) is 5.91 Å². The van der Waals surface area contributed by atoms with E-state index in [1.165, 1.54) is 36.1 Å². The number of thiophene rings is 1. The minimum Gasteiger partial charge on any atom is -0.368 e. The summed E-state index contributed by atoms with van der Waals surface area (Å²) in [5, 5.41) is 2.82. The number of amides is 2. The smallest absolute Gasteiger partial charge is 0.262 e. The zero-order valence-electron chi connectivity index (χ0n) is 14.3. The van der Waals surface area contributed by atoms with Crippen LogP contribution in [0, 0.1) is 0 Å². The lowest BCUT2D eigenvalue weighted by molar-refractivity contribution is -0.119. The van der Waals surface area contributed by atoms with E-state index >= 15 is 0 Å². The van der Waals surface area contributed by atoms with Crippen LogP contribution < -0.4 is 11.1 Å². The van der Waals surface area contributed by atoms with Crippen LogP contribution in [0.3, 0.4) is 0 Å². The van der Waals surface area contributed by atoms with Crippen molar-refractivity contribution in [1.29, 1.82) is 0 Å². The van der Waals surface area contributed by atoms with Gasteiger partial charge in [-0.2, -0.15) is 0 Å². The maximum absolute atomic E-state index is 12.6. The third-order valence-electron chi connectivity index (χ3n) is 4.65. The fraction of sp³-hybridized carbons (Fsp3) is 0.400. The molecule has 0 saturated carbocycles. The van der Waals surface area contributed by atoms with Gasteiger partial charge in [0.05, 0.1) is 4.88 Å². The zero-order chi connectivity index (χ0) is 17.6. The molecular weight excluding hydrogens is 332 g/mol. The van der Waals surface area contributed by atoms with E-state index in [0.717, 1.165) is 18.4 Å². The van der Waals surface area contributed by atoms with Gasteiger partial charge in [-0.1, -0.05) is 43.2 Å². The van der Waals surface area contributed by atoms with Crippen LogP contribution in [0.5, 0.6) is 0 Å². The fourth-order valence-corrected chi connectivity index (χ4v) is 4.41. The summed E-state index contributed by atoms with van der Waals surface area (Å²) in [6.07, 6.45) is 7.40. The van der Waals surface area contributed by atoms with Crippen molar-refractivity contribution in [3.63, 3.8) is 0 Å². The van der Waals surface area contributed by atoms with E-state index in [2.05, 4.69) is 5.32 Å². The number of nitrogens with two attached hydrogens (primary N) is 1. The van der Waals surface area contributed by atoms with E-state index in [1.807, 2.05) is 36.4 Å². The summed E-state index contributed by atoms with van der Waals surface area (Å²) in [6.45, 7) is 0. The van der Waals surface area contributed by atoms with Gasteiger partial charge in [0.1, 0.15) is 6.04 Å². The van der Waals surface area contributed by atoms with E-state index in [-0.39, 0.29) is 5.91 Å². The number of carbonyl (C=O) groups is 2. The molecule has 1 heterocycles. The van der Waals surface area contributed by atoms with Gasteiger partial charge in [-0.3, -0.25) is 9.59 Å². The topological polar surface area (TPSA) is 72.2 Å². The van der Waals surface area contributed by atoms with Gasteiger partial charge in [-0.25, -0.2) is 0 Å². The van der Waals surface area contributed by atoms with E-state index < -0.39 is 11.9 Å². The Hall–Kier alpha value is -2.14. The highest BCUT2D eigenvalue weighted by Crippen LogP contribution is 2.28. The van der Waals surface area contributed by atoms with E-state index in [0.29, 0.717) is 11.3 Å². The predicted molar refractivity (Wildman–Crippen MR) is 101 cm³/mol. The summed E-state index contributed by atoms with van der Waals surface area (Å²) in [7, 11) is 0. The largest absolute Gasteiger partial charge is 0.368 e. The van der Waals surface area contributed by atoms with Crippen LogP contribution >= 0.6 is 11.3 Å². The van der Waals surface area contributed by atoms with Gasteiger partial charge in [-0.05, 0) is 42.9 Å². The van der Waals surface area contributed by atoms with E-state index in [1.54, 1.807) is 11.3 Å². The van der Waals surface area contributed by atoms with Crippen LogP contribution in [0.1, 0.15) is 51.4 Å². The number of carbonyl (C=O) groups excluding carboxylic acids is 2. The van der Waals surface area contributed by atoms with Crippen molar-refractivity contribution in [2.45, 2.75) is 51.0 Å². The molecule has 1 aromatic carbocycles. The lowest BCUT2D eigenvalue weighted by Gasteiger charge is -2.15. The number of nitrogens with one attached hydrogen (secondary N) is 1. The Morgan fingerprint density at radius 3 is 2.52 bits per heavy atom. The summed E-state index contributed by atoms with van der Waals surface area (Å²) in [4.78, 5) is 26.4. The average molecular weight is 356 g/mol. The number of fused-ring (bicyclic) bond motifs is 1. The second-order valence-electron chi connectivity index (χ2n) is 6.59. The lowest BCUT2D eigenvalue weighted by Crippen LogP contribution is -2.45. The maximum atomic E-state index is 12.6. The number of aryl methyl sites for hydroxylation is 2. The van der Waals surface area contributed by atoms with Crippen molar-refractivity contribution >= 4 is 23.2 Å². The first-order valence-electron chi connectivity index (χ1n) is 8.89. The molecule has 1 aromatic heterocycles. The Bertz CT molecular complexity index is 714. The van der Waals surface area contributed by atoms with Gasteiger partial charge in [0, 0.05) is 11.3 Å². The molecule has 25 heavy (non-hydrogen) atoms. The molecule has 2 amide bonds. The van der Waals surface area contributed by atoms with Crippen molar-refractivity contribution in [1.82, 2.24) is 5.32 Å². The van der Waals surface area contributed by atoms with Crippen molar-refractivity contribution < 1.29 is 9.59 Å². The Kier molecular flexibility index (Phi) is 5.87. The van der Waals surface area contributed by atoms with Crippen LogP contribution in [-0.2, 0) is 24.1 Å². The minimum absolute atomic E-state index is 0.198. The van der Waals surface area contributed by atoms with Crippen molar-refractivity contribution in [2.24, 2.45) is 5.73 Å². The number of rotatable bonds is 5. The van der Waals surface area contributed by atoms with Gasteiger partial charge in [0.2, 0.25) is 5.91 Å². The number of benzene rings is 1. The van der Waals surface area contributed by atoms with Gasteiger partial charge in [-0.15, -0.1) is 11.3 Å². The molecule has 0 saturated heterocycles. The normalized spacial score (nSPS) is 15.5. The molecule has 1 aliphatic carbocycles. The Morgan fingerprint density at radius 1 is 1.08 bits per heavy atom. The predicted octanol–water partition coefficient (Wildman–Crippen LogP) is 3.23. The first kappa shape index (κ1) is 17.7. The molecule has 132 valence electrons. The highest BCUT2D eigenvalue weighted by molar-refractivity contribution is 7.14. The molecule has 0 fully saturated rings. The first-order valence-corrected chi connectivity index (χ1v) is 9.71. The summed E-state index contributed by atoms with van der Waals surface area (Å²) in [6, 6.07) is 10.9. The van der Waals surface area contributed by atoms with E-state index in [9.17, 15) is 9.59 Å². The molecule has 0 bridgehead atoms. The van der Waals surface area contributed by atoms with Crippen LogP contribution in [0.4, 0.5) is 0 Å². The molecule has 0 aliphatic heterocycles. The Labute approximate surface area is 152 Å². The quantitative estimate of drug-likeness (QED) is 0.863. The lowest BCUT2D eigenvalue weighted by atomic mass is 9.99. The van der Waals surface area contributed by atoms with E-state index in [4.69, 9.17) is 5.73 Å². The Morgan fingerprint density at radius 2 is 1.80 bits per heavy atom. The average Bonchev–Trinajstić information content (AvgIpc) is 2.97. The molecule has 3 N–H and O–H groups in total. The molecule has 0 radical (unpaired) electrons. The highest BCUT2D eigenvalue weighted by Gasteiger charge is 2.22. The third kappa shape index (κ3) is 4.69.